The molecule has 0 radical (unpaired) electrons. The van der Waals surface area contributed by atoms with E-state index in [2.05, 4.69) is 5.32 Å². The number of carbonyl (C=O) groups is 3. The van der Waals surface area contributed by atoms with Crippen molar-refractivity contribution in [3.8, 4) is 0 Å². The molecule has 1 N–H and O–H groups in total. The molecule has 0 saturated carbocycles. The van der Waals surface area contributed by atoms with Crippen molar-refractivity contribution in [1.82, 2.24) is 15.1 Å². The Morgan fingerprint density at radius 2 is 1.75 bits per heavy atom. The van der Waals surface area contributed by atoms with Gasteiger partial charge in [-0.05, 0) is 30.9 Å². The summed E-state index contributed by atoms with van der Waals surface area (Å²) in [6.07, 6.45) is 0. The Morgan fingerprint density at radius 3 is 2.42 bits per heavy atom. The van der Waals surface area contributed by atoms with E-state index in [4.69, 9.17) is 0 Å². The monoisotopic (exact) mass is 349 g/mol. The molecule has 0 spiro atoms. The van der Waals surface area contributed by atoms with Crippen molar-refractivity contribution >= 4 is 30.1 Å². The smallest absolute Gasteiger partial charge is 0.262 e. The predicted octanol–water partition coefficient (Wildman–Crippen LogP) is 0.691. The molecule has 0 unspecified atom stereocenters. The van der Waals surface area contributed by atoms with Crippen LogP contribution in [-0.4, -0.2) is 60.2 Å². The van der Waals surface area contributed by atoms with Crippen molar-refractivity contribution in [3.63, 3.8) is 0 Å². The van der Waals surface area contributed by atoms with Crippen LogP contribution in [0.1, 0.15) is 26.3 Å². The van der Waals surface area contributed by atoms with E-state index in [0.717, 1.165) is 36.6 Å². The molecular formula is C17H20ClN3O3. The molecule has 128 valence electrons. The number of fused-ring (bicyclic) bond motifs is 2. The number of benzene rings is 1. The van der Waals surface area contributed by atoms with Crippen LogP contribution < -0.4 is 5.32 Å². The first-order chi connectivity index (χ1) is 11.0. The molecule has 0 aliphatic carbocycles. The molecule has 6 nitrogen and oxygen atoms in total. The fourth-order valence-corrected chi connectivity index (χ4v) is 3.84. The van der Waals surface area contributed by atoms with E-state index in [9.17, 15) is 14.4 Å². The zero-order valence-corrected chi connectivity index (χ0v) is 14.3. The summed E-state index contributed by atoms with van der Waals surface area (Å²) in [4.78, 5) is 40.2. The summed E-state index contributed by atoms with van der Waals surface area (Å²) in [7, 11) is 0. The van der Waals surface area contributed by atoms with Gasteiger partial charge in [0.25, 0.3) is 11.8 Å². The first kappa shape index (κ1) is 16.9. The average Bonchev–Trinajstić information content (AvgIpc) is 3.17. The molecule has 1 aromatic carbocycles. The lowest BCUT2D eigenvalue weighted by atomic mass is 10.0. The topological polar surface area (TPSA) is 69.7 Å². The molecule has 2 saturated heterocycles. The molecule has 3 amide bonds. The van der Waals surface area contributed by atoms with Crippen LogP contribution in [0.3, 0.4) is 0 Å². The van der Waals surface area contributed by atoms with E-state index in [0.29, 0.717) is 23.0 Å². The number of aryl methyl sites for hydroxylation is 1. The van der Waals surface area contributed by atoms with E-state index in [-0.39, 0.29) is 36.7 Å². The third-order valence-electron chi connectivity index (χ3n) is 5.16. The molecule has 2 atom stereocenters. The zero-order valence-electron chi connectivity index (χ0n) is 13.4. The van der Waals surface area contributed by atoms with Gasteiger partial charge in [-0.3, -0.25) is 19.3 Å². The third kappa shape index (κ3) is 2.59. The fraction of sp³-hybridized carbons (Fsp3) is 0.471. The number of hydrogen-bond acceptors (Lipinski definition) is 4. The Balaban J connectivity index is 0.00000169. The van der Waals surface area contributed by atoms with Gasteiger partial charge in [0.2, 0.25) is 5.91 Å². The number of amides is 3. The second kappa shape index (κ2) is 6.18. The number of nitrogens with one attached hydrogen (secondary N) is 1. The van der Waals surface area contributed by atoms with E-state index in [1.54, 1.807) is 17.0 Å². The van der Waals surface area contributed by atoms with Gasteiger partial charge in [-0.25, -0.2) is 0 Å². The Bertz CT molecular complexity index is 709. The highest BCUT2D eigenvalue weighted by Gasteiger charge is 2.41. The minimum atomic E-state index is -0.362. The normalized spacial score (nSPS) is 24.9. The lowest BCUT2D eigenvalue weighted by Crippen LogP contribution is -2.42. The quantitative estimate of drug-likeness (QED) is 0.798. The standard InChI is InChI=1S/C17H19N3O3.ClH/c1-10-2-3-13-14(4-10)17(23)20(16(13)22)9-15(21)19-7-11-5-18-6-12(11)8-19;/h2-4,11-12,18H,5-9H2,1H3;1H/t11-,12+;. The van der Waals surface area contributed by atoms with Gasteiger partial charge < -0.3 is 10.2 Å². The van der Waals surface area contributed by atoms with Crippen LogP contribution in [0.15, 0.2) is 18.2 Å². The van der Waals surface area contributed by atoms with Crippen molar-refractivity contribution in [2.24, 2.45) is 11.8 Å². The van der Waals surface area contributed by atoms with Gasteiger partial charge in [0, 0.05) is 26.2 Å². The second-order valence-corrected chi connectivity index (χ2v) is 6.72. The van der Waals surface area contributed by atoms with Gasteiger partial charge in [0.05, 0.1) is 11.1 Å². The van der Waals surface area contributed by atoms with Crippen LogP contribution in [0, 0.1) is 18.8 Å². The van der Waals surface area contributed by atoms with Gasteiger partial charge in [0.15, 0.2) is 0 Å². The van der Waals surface area contributed by atoms with Crippen LogP contribution in [0.4, 0.5) is 0 Å². The van der Waals surface area contributed by atoms with Crippen molar-refractivity contribution in [2.45, 2.75) is 6.92 Å². The number of rotatable bonds is 2. The van der Waals surface area contributed by atoms with Crippen LogP contribution in [-0.2, 0) is 4.79 Å². The number of carbonyl (C=O) groups excluding carboxylic acids is 3. The highest BCUT2D eigenvalue weighted by molar-refractivity contribution is 6.22. The highest BCUT2D eigenvalue weighted by Crippen LogP contribution is 2.28. The first-order valence-corrected chi connectivity index (χ1v) is 8.00. The van der Waals surface area contributed by atoms with Gasteiger partial charge in [-0.15, -0.1) is 12.4 Å². The summed E-state index contributed by atoms with van der Waals surface area (Å²) in [5, 5.41) is 3.33. The number of likely N-dealkylation sites (tertiary alicyclic amines) is 1. The number of imide groups is 1. The summed E-state index contributed by atoms with van der Waals surface area (Å²) in [5.41, 5.74) is 1.74. The van der Waals surface area contributed by atoms with Crippen LogP contribution in [0.25, 0.3) is 0 Å². The zero-order chi connectivity index (χ0) is 16.1. The Hall–Kier alpha value is -1.92. The number of halogens is 1. The largest absolute Gasteiger partial charge is 0.340 e. The molecule has 1 aromatic rings. The molecule has 4 rings (SSSR count). The molecule has 3 aliphatic rings. The van der Waals surface area contributed by atoms with Gasteiger partial charge in [-0.1, -0.05) is 11.6 Å². The minimum Gasteiger partial charge on any atom is -0.340 e. The number of hydrogen-bond donors (Lipinski definition) is 1. The van der Waals surface area contributed by atoms with Gasteiger partial charge in [-0.2, -0.15) is 0 Å². The maximum absolute atomic E-state index is 12.5. The third-order valence-corrected chi connectivity index (χ3v) is 5.16. The Kier molecular flexibility index (Phi) is 4.36. The van der Waals surface area contributed by atoms with Crippen molar-refractivity contribution < 1.29 is 14.4 Å². The SMILES string of the molecule is Cc1ccc2c(c1)C(=O)N(CC(=O)N1C[C@H]3CNC[C@H]3C1)C2=O.Cl. The summed E-state index contributed by atoms with van der Waals surface area (Å²) in [5.74, 6) is 0.153. The van der Waals surface area contributed by atoms with E-state index in [1.165, 1.54) is 0 Å². The van der Waals surface area contributed by atoms with E-state index in [1.807, 2.05) is 13.0 Å². The minimum absolute atomic E-state index is 0. The van der Waals surface area contributed by atoms with Gasteiger partial charge >= 0.3 is 0 Å². The maximum Gasteiger partial charge on any atom is 0.262 e. The average molecular weight is 350 g/mol. The fourth-order valence-electron chi connectivity index (χ4n) is 3.84. The lowest BCUT2D eigenvalue weighted by Gasteiger charge is -2.21. The van der Waals surface area contributed by atoms with E-state index >= 15 is 0 Å². The van der Waals surface area contributed by atoms with Crippen molar-refractivity contribution in [2.75, 3.05) is 32.7 Å². The highest BCUT2D eigenvalue weighted by atomic mass is 35.5. The van der Waals surface area contributed by atoms with Crippen LogP contribution >= 0.6 is 12.4 Å². The number of nitrogens with zero attached hydrogens (tertiary/aromatic N) is 2. The molecule has 3 aliphatic heterocycles. The Morgan fingerprint density at radius 1 is 1.12 bits per heavy atom. The summed E-state index contributed by atoms with van der Waals surface area (Å²) in [6, 6.07) is 5.19. The molecule has 7 heteroatoms. The van der Waals surface area contributed by atoms with Gasteiger partial charge in [0.1, 0.15) is 6.54 Å². The molecular weight excluding hydrogens is 330 g/mol. The summed E-state index contributed by atoms with van der Waals surface area (Å²) in [6.45, 7) is 5.06. The molecule has 3 heterocycles. The first-order valence-electron chi connectivity index (χ1n) is 8.00. The molecule has 2 fully saturated rings. The van der Waals surface area contributed by atoms with Crippen LogP contribution in [0.5, 0.6) is 0 Å². The summed E-state index contributed by atoms with van der Waals surface area (Å²) >= 11 is 0. The molecule has 0 aromatic heterocycles. The van der Waals surface area contributed by atoms with Crippen molar-refractivity contribution in [3.05, 3.63) is 34.9 Å². The summed E-state index contributed by atoms with van der Waals surface area (Å²) < 4.78 is 0. The molecule has 24 heavy (non-hydrogen) atoms. The van der Waals surface area contributed by atoms with Crippen molar-refractivity contribution in [1.29, 1.82) is 0 Å². The van der Waals surface area contributed by atoms with E-state index < -0.39 is 0 Å². The predicted molar refractivity (Wildman–Crippen MR) is 90.2 cm³/mol. The van der Waals surface area contributed by atoms with Crippen LogP contribution in [0.2, 0.25) is 0 Å². The second-order valence-electron chi connectivity index (χ2n) is 6.72. The lowest BCUT2D eigenvalue weighted by molar-refractivity contribution is -0.130. The maximum atomic E-state index is 12.5. The molecule has 0 bridgehead atoms. The Labute approximate surface area is 146 Å².